The molecule has 0 fully saturated rings. The Morgan fingerprint density at radius 1 is 1.14 bits per heavy atom. The molecule has 0 unspecified atom stereocenters. The van der Waals surface area contributed by atoms with E-state index >= 15 is 0 Å². The molecule has 3 rings (SSSR count). The lowest BCUT2D eigenvalue weighted by molar-refractivity contribution is -0.384. The van der Waals surface area contributed by atoms with Crippen molar-refractivity contribution in [2.75, 3.05) is 17.3 Å². The number of thiophene rings is 1. The van der Waals surface area contributed by atoms with E-state index in [1.807, 2.05) is 17.5 Å². The molecule has 0 aliphatic rings. The quantitative estimate of drug-likeness (QED) is 0.316. The summed E-state index contributed by atoms with van der Waals surface area (Å²) in [5.74, 6) is 0.326. The van der Waals surface area contributed by atoms with Crippen LogP contribution in [-0.4, -0.2) is 26.7 Å². The molecule has 1 aromatic heterocycles. The number of hydrazone groups is 1. The second-order valence-electron chi connectivity index (χ2n) is 5.63. The van der Waals surface area contributed by atoms with Crippen molar-refractivity contribution in [1.82, 2.24) is 0 Å². The second kappa shape index (κ2) is 8.71. The van der Waals surface area contributed by atoms with E-state index in [0.29, 0.717) is 5.75 Å². The van der Waals surface area contributed by atoms with Crippen LogP contribution in [0.25, 0.3) is 0 Å². The Bertz CT molecular complexity index is 1140. The lowest BCUT2D eigenvalue weighted by Crippen LogP contribution is -2.14. The van der Waals surface area contributed by atoms with Crippen molar-refractivity contribution < 1.29 is 18.1 Å². The summed E-state index contributed by atoms with van der Waals surface area (Å²) in [5, 5.41) is 17.3. The van der Waals surface area contributed by atoms with Crippen LogP contribution in [0.2, 0.25) is 0 Å². The Morgan fingerprint density at radius 3 is 2.62 bits per heavy atom. The Labute approximate surface area is 170 Å². The molecule has 150 valence electrons. The van der Waals surface area contributed by atoms with Crippen molar-refractivity contribution in [3.05, 3.63) is 75.0 Å². The van der Waals surface area contributed by atoms with Crippen LogP contribution in [0.5, 0.6) is 5.75 Å². The van der Waals surface area contributed by atoms with Gasteiger partial charge < -0.3 is 4.74 Å². The molecule has 0 saturated heterocycles. The van der Waals surface area contributed by atoms with Gasteiger partial charge in [-0.15, -0.1) is 11.3 Å². The van der Waals surface area contributed by atoms with Gasteiger partial charge in [-0.1, -0.05) is 18.2 Å². The Hall–Kier alpha value is -3.44. The van der Waals surface area contributed by atoms with Gasteiger partial charge in [0.25, 0.3) is 15.7 Å². The molecule has 2 aromatic carbocycles. The summed E-state index contributed by atoms with van der Waals surface area (Å²) < 4.78 is 32.9. The van der Waals surface area contributed by atoms with Gasteiger partial charge in [0.15, 0.2) is 0 Å². The number of hydrogen-bond donors (Lipinski definition) is 2. The summed E-state index contributed by atoms with van der Waals surface area (Å²) in [5.41, 5.74) is 2.45. The zero-order valence-corrected chi connectivity index (χ0v) is 16.7. The van der Waals surface area contributed by atoms with Gasteiger partial charge in [0.1, 0.15) is 11.4 Å². The first-order valence-corrected chi connectivity index (χ1v) is 10.5. The molecular formula is C18H16N4O5S2. The number of hydrogen-bond acceptors (Lipinski definition) is 8. The number of ether oxygens (including phenoxy) is 1. The molecule has 11 heteroatoms. The SMILES string of the molecule is COc1ccccc1NS(=O)(=O)c1ccc(N/N=C\c2cccs2)c([N+](=O)[O-])c1. The highest BCUT2D eigenvalue weighted by Gasteiger charge is 2.22. The van der Waals surface area contributed by atoms with Gasteiger partial charge in [0, 0.05) is 10.9 Å². The number of para-hydroxylation sites is 2. The lowest BCUT2D eigenvalue weighted by atomic mass is 10.3. The van der Waals surface area contributed by atoms with Crippen LogP contribution in [0.3, 0.4) is 0 Å². The Morgan fingerprint density at radius 2 is 1.93 bits per heavy atom. The minimum absolute atomic E-state index is 0.0686. The number of nitro benzene ring substituents is 1. The van der Waals surface area contributed by atoms with Crippen LogP contribution in [0, 0.1) is 10.1 Å². The summed E-state index contributed by atoms with van der Waals surface area (Å²) in [6, 6.07) is 13.7. The molecule has 0 atom stereocenters. The number of nitro groups is 1. The summed E-state index contributed by atoms with van der Waals surface area (Å²) >= 11 is 1.46. The number of rotatable bonds is 8. The minimum atomic E-state index is -4.07. The van der Waals surface area contributed by atoms with Crippen molar-refractivity contribution in [1.29, 1.82) is 0 Å². The first-order chi connectivity index (χ1) is 13.9. The smallest absolute Gasteiger partial charge is 0.295 e. The molecule has 2 N–H and O–H groups in total. The summed E-state index contributed by atoms with van der Waals surface area (Å²) in [4.78, 5) is 11.4. The second-order valence-corrected chi connectivity index (χ2v) is 8.29. The van der Waals surface area contributed by atoms with E-state index in [9.17, 15) is 18.5 Å². The van der Waals surface area contributed by atoms with E-state index in [1.165, 1.54) is 42.9 Å². The molecule has 0 radical (unpaired) electrons. The summed E-state index contributed by atoms with van der Waals surface area (Å²) in [6.07, 6.45) is 1.52. The zero-order chi connectivity index (χ0) is 20.9. The van der Waals surface area contributed by atoms with E-state index in [4.69, 9.17) is 4.74 Å². The highest BCUT2D eigenvalue weighted by atomic mass is 32.2. The van der Waals surface area contributed by atoms with Crippen LogP contribution in [0.1, 0.15) is 4.88 Å². The van der Waals surface area contributed by atoms with Crippen molar-refractivity contribution in [2.24, 2.45) is 5.10 Å². The Balaban J connectivity index is 1.87. The van der Waals surface area contributed by atoms with Gasteiger partial charge in [-0.25, -0.2) is 8.42 Å². The van der Waals surface area contributed by atoms with Crippen molar-refractivity contribution in [2.45, 2.75) is 4.90 Å². The molecule has 0 bridgehead atoms. The van der Waals surface area contributed by atoms with E-state index in [2.05, 4.69) is 15.2 Å². The largest absolute Gasteiger partial charge is 0.495 e. The maximum absolute atomic E-state index is 12.7. The number of nitrogens with one attached hydrogen (secondary N) is 2. The van der Waals surface area contributed by atoms with Crippen molar-refractivity contribution in [3.63, 3.8) is 0 Å². The molecule has 0 aliphatic heterocycles. The van der Waals surface area contributed by atoms with E-state index < -0.39 is 20.6 Å². The molecular weight excluding hydrogens is 416 g/mol. The average molecular weight is 432 g/mol. The fraction of sp³-hybridized carbons (Fsp3) is 0.0556. The molecule has 0 amide bonds. The standard InChI is InChI=1S/C18H16N4O5S2/c1-27-18-7-3-2-6-16(18)21-29(25,26)14-8-9-15(17(11-14)22(23)24)20-19-12-13-5-4-10-28-13/h2-12,20-21H,1H3/b19-12-. The molecule has 1 heterocycles. The number of sulfonamides is 1. The van der Waals surface area contributed by atoms with Crippen LogP contribution < -0.4 is 14.9 Å². The number of nitrogens with zero attached hydrogens (tertiary/aromatic N) is 2. The van der Waals surface area contributed by atoms with Gasteiger partial charge in [0.05, 0.1) is 28.8 Å². The highest BCUT2D eigenvalue weighted by molar-refractivity contribution is 7.92. The fourth-order valence-corrected chi connectivity index (χ4v) is 4.06. The monoisotopic (exact) mass is 432 g/mol. The van der Waals surface area contributed by atoms with Crippen LogP contribution in [0.4, 0.5) is 17.1 Å². The lowest BCUT2D eigenvalue weighted by Gasteiger charge is -2.12. The summed E-state index contributed by atoms with van der Waals surface area (Å²) in [7, 11) is -2.66. The molecule has 0 aliphatic carbocycles. The number of anilines is 2. The Kier molecular flexibility index (Phi) is 6.10. The third kappa shape index (κ3) is 4.89. The molecule has 3 aromatic rings. The summed E-state index contributed by atoms with van der Waals surface area (Å²) in [6.45, 7) is 0. The predicted octanol–water partition coefficient (Wildman–Crippen LogP) is 3.91. The first kappa shape index (κ1) is 20.3. The molecule has 0 saturated carbocycles. The van der Waals surface area contributed by atoms with Gasteiger partial charge in [-0.3, -0.25) is 20.3 Å². The van der Waals surface area contributed by atoms with Gasteiger partial charge in [-0.2, -0.15) is 5.10 Å². The van der Waals surface area contributed by atoms with E-state index in [1.54, 1.807) is 18.2 Å². The topological polar surface area (TPSA) is 123 Å². The first-order valence-electron chi connectivity index (χ1n) is 8.17. The van der Waals surface area contributed by atoms with Crippen molar-refractivity contribution >= 4 is 44.6 Å². The highest BCUT2D eigenvalue weighted by Crippen LogP contribution is 2.30. The van der Waals surface area contributed by atoms with Gasteiger partial charge in [-0.05, 0) is 35.7 Å². The van der Waals surface area contributed by atoms with Crippen LogP contribution in [0.15, 0.2) is 70.0 Å². The minimum Gasteiger partial charge on any atom is -0.495 e. The van der Waals surface area contributed by atoms with Gasteiger partial charge in [0.2, 0.25) is 0 Å². The number of benzene rings is 2. The third-order valence-electron chi connectivity index (χ3n) is 3.75. The predicted molar refractivity (Wildman–Crippen MR) is 112 cm³/mol. The third-order valence-corrected chi connectivity index (χ3v) is 5.92. The molecule has 0 spiro atoms. The van der Waals surface area contributed by atoms with E-state index in [0.717, 1.165) is 10.9 Å². The number of methoxy groups -OCH3 is 1. The normalized spacial score (nSPS) is 11.3. The molecule has 29 heavy (non-hydrogen) atoms. The maximum atomic E-state index is 12.7. The maximum Gasteiger partial charge on any atom is 0.295 e. The van der Waals surface area contributed by atoms with Crippen molar-refractivity contribution in [3.8, 4) is 5.75 Å². The zero-order valence-electron chi connectivity index (χ0n) is 15.1. The average Bonchev–Trinajstić information content (AvgIpc) is 3.21. The molecule has 9 nitrogen and oxygen atoms in total. The van der Waals surface area contributed by atoms with Crippen LogP contribution in [-0.2, 0) is 10.0 Å². The van der Waals surface area contributed by atoms with Gasteiger partial charge >= 0.3 is 0 Å². The fourth-order valence-electron chi connectivity index (χ4n) is 2.39. The van der Waals surface area contributed by atoms with E-state index in [-0.39, 0.29) is 16.3 Å². The van der Waals surface area contributed by atoms with Crippen LogP contribution >= 0.6 is 11.3 Å².